The highest BCUT2D eigenvalue weighted by Gasteiger charge is 2.05. The van der Waals surface area contributed by atoms with E-state index in [4.69, 9.17) is 4.74 Å². The number of ether oxygens (including phenoxy) is 1. The minimum atomic E-state index is -0.281. The van der Waals surface area contributed by atoms with Gasteiger partial charge in [0.1, 0.15) is 11.6 Å². The van der Waals surface area contributed by atoms with Gasteiger partial charge in [0.15, 0.2) is 0 Å². The summed E-state index contributed by atoms with van der Waals surface area (Å²) in [6, 6.07) is 9.96. The Morgan fingerprint density at radius 3 is 2.55 bits per heavy atom. The molecule has 0 saturated heterocycles. The number of nitrogens with zero attached hydrogens (tertiary/aromatic N) is 1. The van der Waals surface area contributed by atoms with Crippen molar-refractivity contribution in [2.45, 2.75) is 26.3 Å². The lowest BCUT2D eigenvalue weighted by Crippen LogP contribution is -2.19. The number of aromatic nitrogens is 1. The van der Waals surface area contributed by atoms with E-state index in [0.29, 0.717) is 11.6 Å². The summed E-state index contributed by atoms with van der Waals surface area (Å²) in [7, 11) is 0. The predicted octanol–water partition coefficient (Wildman–Crippen LogP) is 4.07. The van der Waals surface area contributed by atoms with Gasteiger partial charge in [0.05, 0.1) is 0 Å². The molecule has 1 atom stereocenters. The highest BCUT2D eigenvalue weighted by molar-refractivity contribution is 5.28. The molecule has 0 bridgehead atoms. The molecule has 0 spiro atoms. The number of nitrogens with one attached hydrogen (secondary N) is 1. The van der Waals surface area contributed by atoms with Crippen molar-refractivity contribution < 1.29 is 9.13 Å². The second kappa shape index (κ2) is 7.01. The van der Waals surface area contributed by atoms with Gasteiger partial charge in [-0.05, 0) is 49.7 Å². The van der Waals surface area contributed by atoms with Crippen LogP contribution in [-0.4, -0.2) is 11.5 Å². The third kappa shape index (κ3) is 4.03. The van der Waals surface area contributed by atoms with Crippen LogP contribution >= 0.6 is 0 Å². The van der Waals surface area contributed by atoms with Crippen molar-refractivity contribution in [2.75, 3.05) is 6.54 Å². The second-order valence-electron chi connectivity index (χ2n) is 4.66. The Labute approximate surface area is 118 Å². The summed E-state index contributed by atoms with van der Waals surface area (Å²) in [6.07, 6.45) is 2.90. The molecule has 2 rings (SSSR count). The molecule has 1 aromatic heterocycles. The molecule has 0 aliphatic rings. The van der Waals surface area contributed by atoms with Crippen LogP contribution in [0.25, 0.3) is 0 Å². The average Bonchev–Trinajstić information content (AvgIpc) is 2.48. The van der Waals surface area contributed by atoms with Crippen molar-refractivity contribution in [3.8, 4) is 11.6 Å². The summed E-state index contributed by atoms with van der Waals surface area (Å²) in [4.78, 5) is 4.27. The lowest BCUT2D eigenvalue weighted by Gasteiger charge is -2.13. The molecule has 0 radical (unpaired) electrons. The zero-order valence-electron chi connectivity index (χ0n) is 11.8. The first-order chi connectivity index (χ1) is 9.69. The van der Waals surface area contributed by atoms with E-state index in [1.165, 1.54) is 12.1 Å². The lowest BCUT2D eigenvalue weighted by molar-refractivity contribution is 0.459. The summed E-state index contributed by atoms with van der Waals surface area (Å²) >= 11 is 0. The van der Waals surface area contributed by atoms with Crippen LogP contribution in [0.4, 0.5) is 4.39 Å². The molecular weight excluding hydrogens is 255 g/mol. The maximum atomic E-state index is 12.8. The zero-order chi connectivity index (χ0) is 14.4. The quantitative estimate of drug-likeness (QED) is 0.862. The van der Waals surface area contributed by atoms with E-state index in [1.54, 1.807) is 18.3 Å². The van der Waals surface area contributed by atoms with Gasteiger partial charge < -0.3 is 10.1 Å². The maximum Gasteiger partial charge on any atom is 0.219 e. The van der Waals surface area contributed by atoms with Crippen molar-refractivity contribution in [3.63, 3.8) is 0 Å². The Hall–Kier alpha value is -1.94. The minimum Gasteiger partial charge on any atom is -0.439 e. The summed E-state index contributed by atoms with van der Waals surface area (Å²) in [5.74, 6) is 0.795. The van der Waals surface area contributed by atoms with Crippen LogP contribution in [0, 0.1) is 5.82 Å². The average molecular weight is 274 g/mol. The number of pyridine rings is 1. The van der Waals surface area contributed by atoms with Crippen LogP contribution in [0.3, 0.4) is 0 Å². The number of benzene rings is 1. The molecule has 0 amide bonds. The largest absolute Gasteiger partial charge is 0.439 e. The molecule has 106 valence electrons. The van der Waals surface area contributed by atoms with E-state index in [0.717, 1.165) is 18.5 Å². The first-order valence-corrected chi connectivity index (χ1v) is 6.82. The molecule has 4 heteroatoms. The topological polar surface area (TPSA) is 34.1 Å². The van der Waals surface area contributed by atoms with Crippen LogP contribution in [-0.2, 0) is 0 Å². The van der Waals surface area contributed by atoms with E-state index in [2.05, 4.69) is 24.1 Å². The fourth-order valence-corrected chi connectivity index (χ4v) is 1.81. The monoisotopic (exact) mass is 274 g/mol. The van der Waals surface area contributed by atoms with Gasteiger partial charge in [-0.1, -0.05) is 13.0 Å². The van der Waals surface area contributed by atoms with E-state index in [9.17, 15) is 4.39 Å². The third-order valence-corrected chi connectivity index (χ3v) is 3.00. The normalized spacial score (nSPS) is 12.2. The molecule has 1 heterocycles. The fourth-order valence-electron chi connectivity index (χ4n) is 1.81. The number of rotatable bonds is 6. The van der Waals surface area contributed by atoms with Crippen molar-refractivity contribution in [1.29, 1.82) is 0 Å². The fraction of sp³-hybridized carbons (Fsp3) is 0.312. The van der Waals surface area contributed by atoms with Gasteiger partial charge in [-0.3, -0.25) is 0 Å². The highest BCUT2D eigenvalue weighted by atomic mass is 19.1. The number of hydrogen-bond donors (Lipinski definition) is 1. The molecule has 3 nitrogen and oxygen atoms in total. The standard InChI is InChI=1S/C16H19FN2O/c1-3-10-18-12(2)13-4-9-16(19-11-13)20-15-7-5-14(17)6-8-15/h4-9,11-12,18H,3,10H2,1-2H3. The molecule has 1 N–H and O–H groups in total. The van der Waals surface area contributed by atoms with Gasteiger partial charge in [0, 0.05) is 18.3 Å². The van der Waals surface area contributed by atoms with Crippen LogP contribution in [0.15, 0.2) is 42.6 Å². The molecule has 1 aromatic carbocycles. The van der Waals surface area contributed by atoms with Crippen molar-refractivity contribution in [3.05, 3.63) is 54.0 Å². The van der Waals surface area contributed by atoms with E-state index < -0.39 is 0 Å². The van der Waals surface area contributed by atoms with E-state index in [1.807, 2.05) is 12.1 Å². The van der Waals surface area contributed by atoms with E-state index in [-0.39, 0.29) is 11.9 Å². The molecular formula is C16H19FN2O. The Balaban J connectivity index is 1.99. The first kappa shape index (κ1) is 14.5. The summed E-state index contributed by atoms with van der Waals surface area (Å²) in [5, 5.41) is 3.40. The minimum absolute atomic E-state index is 0.266. The molecule has 0 saturated carbocycles. The third-order valence-electron chi connectivity index (χ3n) is 3.00. The molecule has 0 aliphatic carbocycles. The van der Waals surface area contributed by atoms with E-state index >= 15 is 0 Å². The predicted molar refractivity (Wildman–Crippen MR) is 77.4 cm³/mol. The van der Waals surface area contributed by atoms with Crippen LogP contribution in [0.1, 0.15) is 31.9 Å². The second-order valence-corrected chi connectivity index (χ2v) is 4.66. The Bertz CT molecular complexity index is 525. The number of halogens is 1. The summed E-state index contributed by atoms with van der Waals surface area (Å²) in [6.45, 7) is 5.22. The maximum absolute atomic E-state index is 12.8. The summed E-state index contributed by atoms with van der Waals surface area (Å²) in [5.41, 5.74) is 1.12. The highest BCUT2D eigenvalue weighted by Crippen LogP contribution is 2.21. The van der Waals surface area contributed by atoms with Gasteiger partial charge in [-0.15, -0.1) is 0 Å². The van der Waals surface area contributed by atoms with Crippen LogP contribution in [0.5, 0.6) is 11.6 Å². The van der Waals surface area contributed by atoms with Crippen LogP contribution < -0.4 is 10.1 Å². The van der Waals surface area contributed by atoms with Gasteiger partial charge >= 0.3 is 0 Å². The van der Waals surface area contributed by atoms with Gasteiger partial charge in [0.25, 0.3) is 0 Å². The van der Waals surface area contributed by atoms with Gasteiger partial charge in [-0.2, -0.15) is 0 Å². The Kier molecular flexibility index (Phi) is 5.07. The summed E-state index contributed by atoms with van der Waals surface area (Å²) < 4.78 is 18.3. The smallest absolute Gasteiger partial charge is 0.219 e. The van der Waals surface area contributed by atoms with Crippen molar-refractivity contribution >= 4 is 0 Å². The van der Waals surface area contributed by atoms with Gasteiger partial charge in [0.2, 0.25) is 5.88 Å². The SMILES string of the molecule is CCCNC(C)c1ccc(Oc2ccc(F)cc2)nc1. The first-order valence-electron chi connectivity index (χ1n) is 6.82. The molecule has 0 aliphatic heterocycles. The molecule has 20 heavy (non-hydrogen) atoms. The zero-order valence-corrected chi connectivity index (χ0v) is 11.8. The van der Waals surface area contributed by atoms with Crippen LogP contribution in [0.2, 0.25) is 0 Å². The molecule has 1 unspecified atom stereocenters. The lowest BCUT2D eigenvalue weighted by atomic mass is 10.1. The van der Waals surface area contributed by atoms with Crippen molar-refractivity contribution in [1.82, 2.24) is 10.3 Å². The Morgan fingerprint density at radius 1 is 1.20 bits per heavy atom. The Morgan fingerprint density at radius 2 is 1.95 bits per heavy atom. The van der Waals surface area contributed by atoms with Crippen molar-refractivity contribution in [2.24, 2.45) is 0 Å². The molecule has 0 fully saturated rings. The number of hydrogen-bond acceptors (Lipinski definition) is 3. The molecule has 2 aromatic rings. The van der Waals surface area contributed by atoms with Gasteiger partial charge in [-0.25, -0.2) is 9.37 Å².